The van der Waals surface area contributed by atoms with Gasteiger partial charge in [-0.15, -0.1) is 0 Å². The highest BCUT2D eigenvalue weighted by Gasteiger charge is 2.54. The van der Waals surface area contributed by atoms with E-state index in [-0.39, 0.29) is 56.6 Å². The van der Waals surface area contributed by atoms with E-state index in [2.05, 4.69) is 10.6 Å². The topological polar surface area (TPSA) is 154 Å². The van der Waals surface area contributed by atoms with Gasteiger partial charge in [0.1, 0.15) is 12.6 Å². The molecule has 260 valence electrons. The lowest BCUT2D eigenvalue weighted by Crippen LogP contribution is -2.64. The quantitative estimate of drug-likeness (QED) is 0.227. The van der Waals surface area contributed by atoms with Crippen molar-refractivity contribution in [2.45, 2.75) is 68.4 Å². The number of carboxylic acid groups (broad SMARTS) is 1. The summed E-state index contributed by atoms with van der Waals surface area (Å²) in [5, 5.41) is 14.3. The second kappa shape index (κ2) is 13.5. The Kier molecular flexibility index (Phi) is 9.74. The molecule has 4 amide bonds. The van der Waals surface area contributed by atoms with Crippen LogP contribution in [0.3, 0.4) is 0 Å². The second-order valence-electron chi connectivity index (χ2n) is 12.6. The second-order valence-corrected chi connectivity index (χ2v) is 12.6. The molecule has 3 fully saturated rings. The summed E-state index contributed by atoms with van der Waals surface area (Å²) in [6.45, 7) is -2.19. The summed E-state index contributed by atoms with van der Waals surface area (Å²) in [6, 6.07) is 9.74. The number of nitrogens with two attached hydrogens (primary N) is 1. The van der Waals surface area contributed by atoms with Crippen molar-refractivity contribution in [2.75, 3.05) is 37.2 Å². The number of nitrogen functional groups attached to an aromatic ring is 1. The van der Waals surface area contributed by atoms with E-state index < -0.39 is 90.7 Å². The number of hydrogen-bond donors (Lipinski definition) is 4. The number of piperidine rings is 1. The molecule has 0 spiro atoms. The van der Waals surface area contributed by atoms with Gasteiger partial charge in [-0.1, -0.05) is 36.4 Å². The van der Waals surface area contributed by atoms with E-state index in [1.165, 1.54) is 12.1 Å². The van der Waals surface area contributed by atoms with Gasteiger partial charge in [-0.25, -0.2) is 31.5 Å². The molecule has 5 N–H and O–H groups in total. The third-order valence-corrected chi connectivity index (χ3v) is 9.38. The smallest absolute Gasteiger partial charge is 0.408 e. The Bertz CT molecular complexity index is 1540. The van der Waals surface area contributed by atoms with Crippen molar-refractivity contribution >= 4 is 35.4 Å². The van der Waals surface area contributed by atoms with Crippen LogP contribution in [0.2, 0.25) is 0 Å². The van der Waals surface area contributed by atoms with Crippen LogP contribution in [0.15, 0.2) is 42.5 Å². The summed E-state index contributed by atoms with van der Waals surface area (Å²) in [5.74, 6) is -9.51. The van der Waals surface area contributed by atoms with Gasteiger partial charge in [0.05, 0.1) is 29.9 Å². The number of likely N-dealkylation sites (tertiary alicyclic amines) is 2. The minimum atomic E-state index is -3.10. The zero-order valence-electron chi connectivity index (χ0n) is 25.8. The highest BCUT2D eigenvalue weighted by Crippen LogP contribution is 2.44. The van der Waals surface area contributed by atoms with Crippen molar-refractivity contribution in [1.82, 2.24) is 15.1 Å². The predicted molar refractivity (Wildman–Crippen MR) is 162 cm³/mol. The molecular weight excluding hydrogens is 645 g/mol. The van der Waals surface area contributed by atoms with Crippen molar-refractivity contribution in [3.8, 4) is 0 Å². The van der Waals surface area contributed by atoms with Gasteiger partial charge >= 0.3 is 12.2 Å². The minimum Gasteiger partial charge on any atom is -0.465 e. The van der Waals surface area contributed by atoms with Gasteiger partial charge in [0, 0.05) is 31.5 Å². The molecule has 0 aromatic heterocycles. The van der Waals surface area contributed by atoms with Crippen LogP contribution >= 0.6 is 0 Å². The summed E-state index contributed by atoms with van der Waals surface area (Å²) in [5.41, 5.74) is 4.00. The first-order valence-electron chi connectivity index (χ1n) is 15.5. The predicted octanol–water partition coefficient (Wildman–Crippen LogP) is 4.96. The van der Waals surface area contributed by atoms with E-state index in [4.69, 9.17) is 10.5 Å². The van der Waals surface area contributed by atoms with Crippen LogP contribution in [0.1, 0.15) is 49.7 Å². The van der Waals surface area contributed by atoms with E-state index in [0.29, 0.717) is 5.56 Å². The molecule has 11 nitrogen and oxygen atoms in total. The number of nitrogens with one attached hydrogen (secondary N) is 2. The molecule has 2 aromatic rings. The number of amides is 4. The fourth-order valence-corrected chi connectivity index (χ4v) is 6.60. The summed E-state index contributed by atoms with van der Waals surface area (Å²) >= 11 is 0. The van der Waals surface area contributed by atoms with Gasteiger partial charge < -0.3 is 36.0 Å². The minimum absolute atomic E-state index is 0.0969. The molecule has 1 atom stereocenters. The molecule has 0 radical (unpaired) electrons. The summed E-state index contributed by atoms with van der Waals surface area (Å²) in [4.78, 5) is 53.3. The van der Waals surface area contributed by atoms with Crippen molar-refractivity contribution in [2.24, 2.45) is 5.92 Å². The Hall–Kier alpha value is -4.63. The number of ether oxygens (including phenoxy) is 1. The first-order valence-corrected chi connectivity index (χ1v) is 15.5. The maximum atomic E-state index is 16.1. The Balaban J connectivity index is 1.37. The van der Waals surface area contributed by atoms with Crippen LogP contribution in [0.25, 0.3) is 0 Å². The number of alkyl halides is 4. The SMILES string of the molecule is Nc1c(NC(=O)[C@@H](NC(=O)OCc2ccccc2)C2CCC(F)(F)CC2)ccc(C2(C(=O)N3CC(F)(F)C3)CCN(C(=O)O)CC2)c1F. The third kappa shape index (κ3) is 7.41. The lowest BCUT2D eigenvalue weighted by Gasteiger charge is -2.47. The zero-order valence-corrected chi connectivity index (χ0v) is 25.8. The first-order chi connectivity index (χ1) is 22.6. The zero-order chi connectivity index (χ0) is 34.9. The third-order valence-electron chi connectivity index (χ3n) is 9.38. The van der Waals surface area contributed by atoms with E-state index in [9.17, 15) is 41.8 Å². The van der Waals surface area contributed by atoms with Crippen LogP contribution in [-0.2, 0) is 26.3 Å². The number of carbonyl (C=O) groups excluding carboxylic acids is 3. The molecule has 2 aromatic carbocycles. The number of rotatable bonds is 8. The molecule has 16 heteroatoms. The normalized spacial score (nSPS) is 20.6. The maximum Gasteiger partial charge on any atom is 0.408 e. The molecule has 1 aliphatic carbocycles. The van der Waals surface area contributed by atoms with Gasteiger partial charge in [-0.05, 0) is 43.2 Å². The molecule has 2 aliphatic heterocycles. The largest absolute Gasteiger partial charge is 0.465 e. The molecular formula is C32H36F5N5O6. The van der Waals surface area contributed by atoms with Gasteiger partial charge in [0.15, 0.2) is 5.82 Å². The van der Waals surface area contributed by atoms with Gasteiger partial charge in [0.25, 0.3) is 5.92 Å². The Labute approximate surface area is 272 Å². The fraction of sp³-hybridized carbons (Fsp3) is 0.500. The Morgan fingerprint density at radius 3 is 2.12 bits per heavy atom. The molecule has 5 rings (SSSR count). The van der Waals surface area contributed by atoms with Crippen LogP contribution < -0.4 is 16.4 Å². The average molecular weight is 682 g/mol. The number of carbonyl (C=O) groups is 4. The number of benzene rings is 2. The van der Waals surface area contributed by atoms with Crippen LogP contribution in [0.5, 0.6) is 0 Å². The lowest BCUT2D eigenvalue weighted by molar-refractivity contribution is -0.173. The highest BCUT2D eigenvalue weighted by molar-refractivity contribution is 5.99. The fourth-order valence-electron chi connectivity index (χ4n) is 6.60. The molecule has 48 heavy (non-hydrogen) atoms. The van der Waals surface area contributed by atoms with Gasteiger partial charge in [-0.3, -0.25) is 9.59 Å². The number of nitrogens with zero attached hydrogens (tertiary/aromatic N) is 2. The molecule has 2 saturated heterocycles. The molecule has 1 saturated carbocycles. The molecule has 0 bridgehead atoms. The van der Waals surface area contributed by atoms with Gasteiger partial charge in [0.2, 0.25) is 17.7 Å². The van der Waals surface area contributed by atoms with Crippen LogP contribution in [-0.4, -0.2) is 83.0 Å². The van der Waals surface area contributed by atoms with Gasteiger partial charge in [-0.2, -0.15) is 0 Å². The van der Waals surface area contributed by atoms with Crippen LogP contribution in [0.4, 0.5) is 42.9 Å². The molecule has 2 heterocycles. The monoisotopic (exact) mass is 681 g/mol. The number of halogens is 5. The molecule has 3 aliphatic rings. The standard InChI is InChI=1S/C32H36F5N5O6/c33-23-21(30(12-14-41(15-13-30)29(46)47)27(44)42-17-32(36,37)18-42)6-7-22(24(23)38)39-26(43)25(20-8-10-31(34,35)11-9-20)40-28(45)48-16-19-4-2-1-3-5-19/h1-7,20,25H,8-18,38H2,(H,39,43)(H,40,45)(H,46,47)/t25-/m0/s1. The summed E-state index contributed by atoms with van der Waals surface area (Å²) in [7, 11) is 0. The number of hydrogen-bond acceptors (Lipinski definition) is 6. The number of alkyl carbamates (subject to hydrolysis) is 1. The van der Waals surface area contributed by atoms with E-state index in [0.717, 1.165) is 9.80 Å². The van der Waals surface area contributed by atoms with Crippen molar-refractivity contribution in [3.63, 3.8) is 0 Å². The van der Waals surface area contributed by atoms with E-state index in [1.807, 2.05) is 0 Å². The highest BCUT2D eigenvalue weighted by atomic mass is 19.3. The Morgan fingerprint density at radius 1 is 0.917 bits per heavy atom. The average Bonchev–Trinajstić information content (AvgIpc) is 3.04. The maximum absolute atomic E-state index is 16.1. The van der Waals surface area contributed by atoms with Crippen molar-refractivity contribution in [3.05, 3.63) is 59.4 Å². The lowest BCUT2D eigenvalue weighted by atomic mass is 9.70. The molecule has 0 unspecified atom stereocenters. The van der Waals surface area contributed by atoms with E-state index >= 15 is 4.39 Å². The number of anilines is 2. The van der Waals surface area contributed by atoms with Crippen molar-refractivity contribution < 1.29 is 51.0 Å². The van der Waals surface area contributed by atoms with Crippen molar-refractivity contribution in [1.29, 1.82) is 0 Å². The Morgan fingerprint density at radius 2 is 1.54 bits per heavy atom. The van der Waals surface area contributed by atoms with E-state index in [1.54, 1.807) is 30.3 Å². The summed E-state index contributed by atoms with van der Waals surface area (Å²) < 4.78 is 76.6. The first kappa shape index (κ1) is 34.7. The van der Waals surface area contributed by atoms with Crippen LogP contribution in [0, 0.1) is 11.7 Å². The summed E-state index contributed by atoms with van der Waals surface area (Å²) in [6.07, 6.45) is -3.84.